The van der Waals surface area contributed by atoms with Gasteiger partial charge >= 0.3 is 0 Å². The van der Waals surface area contributed by atoms with Crippen LogP contribution < -0.4 is 11.1 Å². The number of nitrogens with two attached hydrogens (primary N) is 1. The minimum Gasteiger partial charge on any atom is -0.324 e. The molecule has 2 nitrogen and oxygen atoms in total. The molecule has 0 saturated carbocycles. The molecule has 74 valence electrons. The van der Waals surface area contributed by atoms with Crippen LogP contribution in [0.25, 0.3) is 0 Å². The third-order valence-electron chi connectivity index (χ3n) is 2.22. The molecule has 1 aromatic rings. The molecule has 3 N–H and O–H groups in total. The maximum absolute atomic E-state index is 6.00. The highest BCUT2D eigenvalue weighted by Crippen LogP contribution is 2.08. The van der Waals surface area contributed by atoms with Gasteiger partial charge in [0.25, 0.3) is 0 Å². The van der Waals surface area contributed by atoms with E-state index in [0.717, 1.165) is 19.5 Å². The van der Waals surface area contributed by atoms with E-state index in [1.54, 1.807) is 11.3 Å². The summed E-state index contributed by atoms with van der Waals surface area (Å²) in [5.74, 6) is 0. The molecule has 0 spiro atoms. The van der Waals surface area contributed by atoms with Gasteiger partial charge in [-0.3, -0.25) is 0 Å². The fourth-order valence-corrected chi connectivity index (χ4v) is 1.68. The van der Waals surface area contributed by atoms with E-state index >= 15 is 0 Å². The summed E-state index contributed by atoms with van der Waals surface area (Å²) in [6, 6.07) is 4.21. The molecule has 0 saturated heterocycles. The number of rotatable bonds is 5. The summed E-state index contributed by atoms with van der Waals surface area (Å²) in [6.07, 6.45) is 1.00. The highest BCUT2D eigenvalue weighted by atomic mass is 32.1. The van der Waals surface area contributed by atoms with Crippen LogP contribution in [0.1, 0.15) is 25.1 Å². The molecular weight excluding hydrogens is 180 g/mol. The highest BCUT2D eigenvalue weighted by Gasteiger charge is 2.14. The molecule has 1 unspecified atom stereocenters. The normalized spacial score (nSPS) is 15.6. The van der Waals surface area contributed by atoms with Crippen molar-refractivity contribution in [2.45, 2.75) is 32.4 Å². The second kappa shape index (κ2) is 4.74. The zero-order chi connectivity index (χ0) is 9.73. The Labute approximate surface area is 84.2 Å². The van der Waals surface area contributed by atoms with Crippen LogP contribution in [0.15, 0.2) is 17.5 Å². The lowest BCUT2D eigenvalue weighted by Crippen LogP contribution is -2.45. The van der Waals surface area contributed by atoms with Crippen molar-refractivity contribution in [1.82, 2.24) is 5.32 Å². The second-order valence-corrected chi connectivity index (χ2v) is 4.72. The van der Waals surface area contributed by atoms with Crippen molar-refractivity contribution in [2.24, 2.45) is 5.73 Å². The molecule has 0 aliphatic heterocycles. The van der Waals surface area contributed by atoms with Crippen LogP contribution in [-0.4, -0.2) is 12.1 Å². The number of hydrogen-bond donors (Lipinski definition) is 2. The summed E-state index contributed by atoms with van der Waals surface area (Å²) < 4.78 is 0. The van der Waals surface area contributed by atoms with Crippen molar-refractivity contribution < 1.29 is 0 Å². The van der Waals surface area contributed by atoms with E-state index in [2.05, 4.69) is 36.7 Å². The number of nitrogens with one attached hydrogen (secondary N) is 1. The first kappa shape index (κ1) is 10.7. The molecular formula is C10H18N2S. The third-order valence-corrected chi connectivity index (χ3v) is 3.09. The number of hydrogen-bond acceptors (Lipinski definition) is 3. The molecule has 1 atom stereocenters. The van der Waals surface area contributed by atoms with Crippen LogP contribution in [0, 0.1) is 0 Å². The summed E-state index contributed by atoms with van der Waals surface area (Å²) in [6.45, 7) is 6.01. The topological polar surface area (TPSA) is 38.0 Å². The molecule has 0 fully saturated rings. The summed E-state index contributed by atoms with van der Waals surface area (Å²) in [5.41, 5.74) is 5.92. The van der Waals surface area contributed by atoms with E-state index in [0.29, 0.717) is 0 Å². The monoisotopic (exact) mass is 198 g/mol. The van der Waals surface area contributed by atoms with Crippen LogP contribution in [0.3, 0.4) is 0 Å². The van der Waals surface area contributed by atoms with Gasteiger partial charge in [0.05, 0.1) is 0 Å². The van der Waals surface area contributed by atoms with Crippen LogP contribution >= 0.6 is 11.3 Å². The Balaban J connectivity index is 2.21. The lowest BCUT2D eigenvalue weighted by Gasteiger charge is -2.22. The van der Waals surface area contributed by atoms with Gasteiger partial charge in [-0.1, -0.05) is 13.0 Å². The van der Waals surface area contributed by atoms with E-state index < -0.39 is 0 Å². The van der Waals surface area contributed by atoms with Crippen LogP contribution in [0.5, 0.6) is 0 Å². The molecule has 1 rings (SSSR count). The van der Waals surface area contributed by atoms with Gasteiger partial charge in [-0.2, -0.15) is 0 Å². The smallest absolute Gasteiger partial charge is 0.0300 e. The zero-order valence-electron chi connectivity index (χ0n) is 8.34. The van der Waals surface area contributed by atoms with Gasteiger partial charge in [0.1, 0.15) is 0 Å². The second-order valence-electron chi connectivity index (χ2n) is 3.69. The zero-order valence-corrected chi connectivity index (χ0v) is 9.16. The lowest BCUT2D eigenvalue weighted by molar-refractivity contribution is 0.417. The van der Waals surface area contributed by atoms with Crippen molar-refractivity contribution >= 4 is 11.3 Å². The predicted octanol–water partition coefficient (Wildman–Crippen LogP) is 1.97. The first-order valence-electron chi connectivity index (χ1n) is 4.66. The largest absolute Gasteiger partial charge is 0.324 e. The Bertz CT molecular complexity index is 229. The molecule has 0 bridgehead atoms. The van der Waals surface area contributed by atoms with Gasteiger partial charge in [0.15, 0.2) is 0 Å². The molecule has 0 radical (unpaired) electrons. The Morgan fingerprint density at radius 2 is 2.38 bits per heavy atom. The van der Waals surface area contributed by atoms with E-state index in [1.165, 1.54) is 4.88 Å². The summed E-state index contributed by atoms with van der Waals surface area (Å²) in [4.78, 5) is 1.37. The van der Waals surface area contributed by atoms with Gasteiger partial charge in [-0.25, -0.2) is 0 Å². The first-order valence-corrected chi connectivity index (χ1v) is 5.54. The van der Waals surface area contributed by atoms with Crippen LogP contribution in [-0.2, 0) is 6.54 Å². The van der Waals surface area contributed by atoms with Gasteiger partial charge in [0, 0.05) is 23.5 Å². The molecule has 0 aromatic carbocycles. The Morgan fingerprint density at radius 3 is 2.92 bits per heavy atom. The maximum Gasteiger partial charge on any atom is 0.0300 e. The highest BCUT2D eigenvalue weighted by molar-refractivity contribution is 7.09. The Hall–Kier alpha value is -0.380. The minimum absolute atomic E-state index is 0.0722. The van der Waals surface area contributed by atoms with Crippen LogP contribution in [0.4, 0.5) is 0 Å². The van der Waals surface area contributed by atoms with E-state index in [9.17, 15) is 0 Å². The van der Waals surface area contributed by atoms with E-state index in [4.69, 9.17) is 5.73 Å². The first-order chi connectivity index (χ1) is 6.14. The molecule has 1 aromatic heterocycles. The Kier molecular flexibility index (Phi) is 3.90. The standard InChI is InChI=1S/C10H18N2S/c1-3-10(2,11)8-12-7-9-5-4-6-13-9/h4-6,12H,3,7-8,11H2,1-2H3. The van der Waals surface area contributed by atoms with Crippen molar-refractivity contribution in [3.8, 4) is 0 Å². The molecule has 0 aliphatic rings. The summed E-state index contributed by atoms with van der Waals surface area (Å²) in [5, 5.41) is 5.46. The lowest BCUT2D eigenvalue weighted by atomic mass is 10.0. The van der Waals surface area contributed by atoms with Crippen LogP contribution in [0.2, 0.25) is 0 Å². The van der Waals surface area contributed by atoms with Gasteiger partial charge in [-0.05, 0) is 24.8 Å². The molecule has 1 heterocycles. The molecule has 0 amide bonds. The van der Waals surface area contributed by atoms with Gasteiger partial charge in [-0.15, -0.1) is 11.3 Å². The summed E-state index contributed by atoms with van der Waals surface area (Å²) >= 11 is 1.78. The predicted molar refractivity (Wildman–Crippen MR) is 58.9 cm³/mol. The molecule has 0 aliphatic carbocycles. The van der Waals surface area contributed by atoms with Crippen molar-refractivity contribution in [3.63, 3.8) is 0 Å². The average Bonchev–Trinajstić information content (AvgIpc) is 2.57. The molecule has 13 heavy (non-hydrogen) atoms. The fourth-order valence-electron chi connectivity index (χ4n) is 1.01. The minimum atomic E-state index is -0.0722. The van der Waals surface area contributed by atoms with E-state index in [1.807, 2.05) is 0 Å². The quantitative estimate of drug-likeness (QED) is 0.759. The average molecular weight is 198 g/mol. The summed E-state index contributed by atoms with van der Waals surface area (Å²) in [7, 11) is 0. The third kappa shape index (κ3) is 3.89. The van der Waals surface area contributed by atoms with Crippen molar-refractivity contribution in [3.05, 3.63) is 22.4 Å². The van der Waals surface area contributed by atoms with E-state index in [-0.39, 0.29) is 5.54 Å². The Morgan fingerprint density at radius 1 is 1.62 bits per heavy atom. The maximum atomic E-state index is 6.00. The SMILES string of the molecule is CCC(C)(N)CNCc1cccs1. The fraction of sp³-hybridized carbons (Fsp3) is 0.600. The van der Waals surface area contributed by atoms with Gasteiger partial charge < -0.3 is 11.1 Å². The van der Waals surface area contributed by atoms with Crippen molar-refractivity contribution in [1.29, 1.82) is 0 Å². The van der Waals surface area contributed by atoms with Crippen molar-refractivity contribution in [2.75, 3.05) is 6.54 Å². The number of thiophene rings is 1. The van der Waals surface area contributed by atoms with Gasteiger partial charge in [0.2, 0.25) is 0 Å². The molecule has 3 heteroatoms.